The van der Waals surface area contributed by atoms with Crippen molar-refractivity contribution in [3.05, 3.63) is 64.0 Å². The Morgan fingerprint density at radius 1 is 1.15 bits per heavy atom. The zero-order valence-electron chi connectivity index (χ0n) is 11.2. The molecule has 0 fully saturated rings. The third-order valence-electron chi connectivity index (χ3n) is 3.19. The lowest BCUT2D eigenvalue weighted by atomic mass is 9.99. The first kappa shape index (κ1) is 14.1. The summed E-state index contributed by atoms with van der Waals surface area (Å²) in [5, 5.41) is 11.0. The maximum atomic E-state index is 12.9. The van der Waals surface area contributed by atoms with E-state index < -0.39 is 11.0 Å². The minimum absolute atomic E-state index is 0.0187. The van der Waals surface area contributed by atoms with E-state index in [0.29, 0.717) is 5.56 Å². The highest BCUT2D eigenvalue weighted by Gasteiger charge is 2.19. The summed E-state index contributed by atoms with van der Waals surface area (Å²) >= 11 is 0. The van der Waals surface area contributed by atoms with E-state index in [4.69, 9.17) is 4.74 Å². The summed E-state index contributed by atoms with van der Waals surface area (Å²) in [6.45, 7) is 1.75. The van der Waals surface area contributed by atoms with Crippen LogP contribution in [-0.2, 0) is 4.74 Å². The first-order valence-corrected chi connectivity index (χ1v) is 6.10. The first-order chi connectivity index (χ1) is 9.52. The maximum absolute atomic E-state index is 12.9. The largest absolute Gasteiger partial charge is 0.377 e. The number of benzene rings is 2. The normalized spacial score (nSPS) is 12.2. The predicted molar refractivity (Wildman–Crippen MR) is 73.9 cm³/mol. The molecular weight excluding hydrogens is 261 g/mol. The quantitative estimate of drug-likeness (QED) is 0.623. The average Bonchev–Trinajstić information content (AvgIpc) is 2.46. The van der Waals surface area contributed by atoms with E-state index in [2.05, 4.69) is 0 Å². The fourth-order valence-corrected chi connectivity index (χ4v) is 2.00. The van der Waals surface area contributed by atoms with Crippen LogP contribution in [0.1, 0.15) is 18.6 Å². The number of methoxy groups -OCH3 is 1. The van der Waals surface area contributed by atoms with E-state index in [1.54, 1.807) is 31.2 Å². The van der Waals surface area contributed by atoms with Gasteiger partial charge in [0.25, 0.3) is 5.69 Å². The zero-order chi connectivity index (χ0) is 14.7. The van der Waals surface area contributed by atoms with Crippen LogP contribution in [0.25, 0.3) is 11.1 Å². The number of ether oxygens (including phenoxy) is 1. The molecule has 0 aliphatic carbocycles. The smallest absolute Gasteiger partial charge is 0.275 e. The minimum Gasteiger partial charge on any atom is -0.377 e. The third kappa shape index (κ3) is 2.83. The van der Waals surface area contributed by atoms with Crippen molar-refractivity contribution in [1.82, 2.24) is 0 Å². The highest BCUT2D eigenvalue weighted by Crippen LogP contribution is 2.31. The highest BCUT2D eigenvalue weighted by molar-refractivity contribution is 5.66. The van der Waals surface area contributed by atoms with Gasteiger partial charge in [0.2, 0.25) is 0 Å². The highest BCUT2D eigenvalue weighted by atomic mass is 19.1. The third-order valence-corrected chi connectivity index (χ3v) is 3.19. The van der Waals surface area contributed by atoms with Crippen molar-refractivity contribution in [3.8, 4) is 11.1 Å². The van der Waals surface area contributed by atoms with Gasteiger partial charge in [-0.25, -0.2) is 4.39 Å². The molecule has 0 bridgehead atoms. The van der Waals surface area contributed by atoms with E-state index in [0.717, 1.165) is 11.1 Å². The van der Waals surface area contributed by atoms with E-state index in [1.165, 1.54) is 25.3 Å². The second-order valence-electron chi connectivity index (χ2n) is 4.42. The fraction of sp³-hybridized carbons (Fsp3) is 0.200. The summed E-state index contributed by atoms with van der Waals surface area (Å²) in [6, 6.07) is 10.8. The number of rotatable bonds is 4. The van der Waals surface area contributed by atoms with Crippen LogP contribution in [0.5, 0.6) is 0 Å². The minimum atomic E-state index is -0.431. The number of nitro groups is 1. The Balaban J connectivity index is 2.51. The van der Waals surface area contributed by atoms with Crippen LogP contribution < -0.4 is 0 Å². The molecule has 0 N–H and O–H groups in total. The summed E-state index contributed by atoms with van der Waals surface area (Å²) in [5.41, 5.74) is 2.10. The second-order valence-corrected chi connectivity index (χ2v) is 4.42. The second kappa shape index (κ2) is 5.79. The van der Waals surface area contributed by atoms with Gasteiger partial charge in [-0.3, -0.25) is 10.1 Å². The van der Waals surface area contributed by atoms with Crippen molar-refractivity contribution < 1.29 is 14.1 Å². The van der Waals surface area contributed by atoms with Gasteiger partial charge in [0.1, 0.15) is 5.82 Å². The summed E-state index contributed by atoms with van der Waals surface area (Å²) in [5.74, 6) is -0.318. The predicted octanol–water partition coefficient (Wildman–Crippen LogP) is 4.11. The molecule has 0 spiro atoms. The molecule has 0 aliphatic rings. The molecule has 0 saturated carbocycles. The Morgan fingerprint density at radius 2 is 1.75 bits per heavy atom. The van der Waals surface area contributed by atoms with Gasteiger partial charge >= 0.3 is 0 Å². The maximum Gasteiger partial charge on any atom is 0.275 e. The lowest BCUT2D eigenvalue weighted by Gasteiger charge is -2.12. The molecule has 0 aromatic heterocycles. The molecule has 4 nitrogen and oxygen atoms in total. The Bertz CT molecular complexity index is 626. The summed E-state index contributed by atoms with van der Waals surface area (Å²) < 4.78 is 18.1. The van der Waals surface area contributed by atoms with Crippen LogP contribution in [-0.4, -0.2) is 12.0 Å². The van der Waals surface area contributed by atoms with Crippen molar-refractivity contribution in [2.45, 2.75) is 13.0 Å². The molecule has 5 heteroatoms. The van der Waals surface area contributed by atoms with E-state index in [1.807, 2.05) is 0 Å². The Labute approximate surface area is 116 Å². The SMILES string of the molecule is COC(C)c1cc(-c2ccc(F)cc2)ccc1[N+](=O)[O-]. The number of hydrogen-bond acceptors (Lipinski definition) is 3. The lowest BCUT2D eigenvalue weighted by Crippen LogP contribution is -2.02. The fourth-order valence-electron chi connectivity index (χ4n) is 2.00. The molecular formula is C15H14FNO3. The molecule has 1 unspecified atom stereocenters. The topological polar surface area (TPSA) is 52.4 Å². The van der Waals surface area contributed by atoms with E-state index in [9.17, 15) is 14.5 Å². The summed E-state index contributed by atoms with van der Waals surface area (Å²) in [6.07, 6.45) is -0.393. The first-order valence-electron chi connectivity index (χ1n) is 6.10. The van der Waals surface area contributed by atoms with Crippen molar-refractivity contribution in [1.29, 1.82) is 0 Å². The molecule has 0 radical (unpaired) electrons. The van der Waals surface area contributed by atoms with Crippen molar-refractivity contribution >= 4 is 5.69 Å². The molecule has 0 aliphatic heterocycles. The number of nitro benzene ring substituents is 1. The lowest BCUT2D eigenvalue weighted by molar-refractivity contribution is -0.386. The standard InChI is InChI=1S/C15H14FNO3/c1-10(20-2)14-9-12(5-8-15(14)17(18)19)11-3-6-13(16)7-4-11/h3-10H,1-2H3. The van der Waals surface area contributed by atoms with Gasteiger partial charge in [0, 0.05) is 13.2 Å². The van der Waals surface area contributed by atoms with Crippen molar-refractivity contribution in [3.63, 3.8) is 0 Å². The Hall–Kier alpha value is -2.27. The van der Waals surface area contributed by atoms with Gasteiger partial charge in [-0.1, -0.05) is 12.1 Å². The van der Waals surface area contributed by atoms with Crippen LogP contribution >= 0.6 is 0 Å². The van der Waals surface area contributed by atoms with Gasteiger partial charge in [-0.2, -0.15) is 0 Å². The molecule has 0 saturated heterocycles. The van der Waals surface area contributed by atoms with Crippen molar-refractivity contribution in [2.75, 3.05) is 7.11 Å². The molecule has 20 heavy (non-hydrogen) atoms. The van der Waals surface area contributed by atoms with Gasteiger partial charge in [-0.15, -0.1) is 0 Å². The van der Waals surface area contributed by atoms with Crippen LogP contribution in [0.4, 0.5) is 10.1 Å². The van der Waals surface area contributed by atoms with Crippen LogP contribution in [0.2, 0.25) is 0 Å². The molecule has 0 heterocycles. The summed E-state index contributed by atoms with van der Waals surface area (Å²) in [4.78, 5) is 10.6. The number of halogens is 1. The molecule has 2 aromatic carbocycles. The summed E-state index contributed by atoms with van der Waals surface area (Å²) in [7, 11) is 1.50. The van der Waals surface area contributed by atoms with Crippen molar-refractivity contribution in [2.24, 2.45) is 0 Å². The molecule has 2 rings (SSSR count). The molecule has 2 aromatic rings. The monoisotopic (exact) mass is 275 g/mol. The zero-order valence-corrected chi connectivity index (χ0v) is 11.2. The van der Waals surface area contributed by atoms with Crippen LogP contribution in [0.15, 0.2) is 42.5 Å². The molecule has 1 atom stereocenters. The number of hydrogen-bond donors (Lipinski definition) is 0. The Morgan fingerprint density at radius 3 is 2.30 bits per heavy atom. The van der Waals surface area contributed by atoms with Gasteiger partial charge in [-0.05, 0) is 42.3 Å². The molecule has 104 valence electrons. The van der Waals surface area contributed by atoms with Crippen LogP contribution in [0, 0.1) is 15.9 Å². The van der Waals surface area contributed by atoms with E-state index in [-0.39, 0.29) is 11.5 Å². The average molecular weight is 275 g/mol. The molecule has 0 amide bonds. The van der Waals surface area contributed by atoms with Gasteiger partial charge in [0.15, 0.2) is 0 Å². The van der Waals surface area contributed by atoms with Gasteiger partial charge < -0.3 is 4.74 Å². The van der Waals surface area contributed by atoms with Gasteiger partial charge in [0.05, 0.1) is 16.6 Å². The van der Waals surface area contributed by atoms with E-state index >= 15 is 0 Å². The number of nitrogens with zero attached hydrogens (tertiary/aromatic N) is 1. The Kier molecular flexibility index (Phi) is 4.10. The van der Waals surface area contributed by atoms with Crippen LogP contribution in [0.3, 0.4) is 0 Å².